The number of hydrogen-bond donors (Lipinski definition) is 1. The van der Waals surface area contributed by atoms with Gasteiger partial charge in [0.25, 0.3) is 0 Å². The monoisotopic (exact) mass is 244 g/mol. The molecule has 0 aliphatic carbocycles. The molecule has 0 atom stereocenters. The molecule has 1 heterocycles. The lowest BCUT2D eigenvalue weighted by Gasteiger charge is -2.08. The molecule has 0 spiro atoms. The Hall–Kier alpha value is -1.74. The third kappa shape index (κ3) is 3.64. The van der Waals surface area contributed by atoms with E-state index in [9.17, 15) is 4.39 Å². The lowest BCUT2D eigenvalue weighted by Crippen LogP contribution is -2.17. The lowest BCUT2D eigenvalue weighted by molar-refractivity contribution is 0.623. The number of nitrogens with zero attached hydrogens (tertiary/aromatic N) is 1. The van der Waals surface area contributed by atoms with Gasteiger partial charge < -0.3 is 5.32 Å². The van der Waals surface area contributed by atoms with Gasteiger partial charge in [0, 0.05) is 18.9 Å². The first-order chi connectivity index (χ1) is 8.75. The SMILES string of the molecule is Cc1cc(F)ccc1CNCCc1ccncc1. The predicted molar refractivity (Wildman–Crippen MR) is 70.8 cm³/mol. The first-order valence-corrected chi connectivity index (χ1v) is 6.10. The average molecular weight is 244 g/mol. The van der Waals surface area contributed by atoms with E-state index >= 15 is 0 Å². The number of benzene rings is 1. The summed E-state index contributed by atoms with van der Waals surface area (Å²) in [6.45, 7) is 3.61. The zero-order valence-electron chi connectivity index (χ0n) is 10.5. The highest BCUT2D eigenvalue weighted by Gasteiger charge is 1.99. The zero-order valence-corrected chi connectivity index (χ0v) is 10.5. The number of nitrogens with one attached hydrogen (secondary N) is 1. The van der Waals surface area contributed by atoms with E-state index in [4.69, 9.17) is 0 Å². The van der Waals surface area contributed by atoms with E-state index in [0.29, 0.717) is 0 Å². The molecule has 2 aromatic rings. The molecule has 0 bridgehead atoms. The molecule has 2 rings (SSSR count). The minimum atomic E-state index is -0.173. The normalized spacial score (nSPS) is 10.6. The van der Waals surface area contributed by atoms with Crippen LogP contribution < -0.4 is 5.32 Å². The van der Waals surface area contributed by atoms with Crippen LogP contribution >= 0.6 is 0 Å². The van der Waals surface area contributed by atoms with Gasteiger partial charge in [-0.05, 0) is 60.8 Å². The van der Waals surface area contributed by atoms with Crippen LogP contribution in [0.2, 0.25) is 0 Å². The highest BCUT2D eigenvalue weighted by Crippen LogP contribution is 2.09. The molecular weight excluding hydrogens is 227 g/mol. The first-order valence-electron chi connectivity index (χ1n) is 6.10. The van der Waals surface area contributed by atoms with Crippen LogP contribution in [0.15, 0.2) is 42.7 Å². The van der Waals surface area contributed by atoms with Gasteiger partial charge in [0.1, 0.15) is 5.82 Å². The van der Waals surface area contributed by atoms with Crippen molar-refractivity contribution in [3.05, 3.63) is 65.2 Å². The minimum Gasteiger partial charge on any atom is -0.312 e. The molecule has 1 aromatic heterocycles. The van der Waals surface area contributed by atoms with Crippen molar-refractivity contribution < 1.29 is 4.39 Å². The van der Waals surface area contributed by atoms with Crippen LogP contribution in [0.4, 0.5) is 4.39 Å². The average Bonchev–Trinajstić information content (AvgIpc) is 2.38. The van der Waals surface area contributed by atoms with Gasteiger partial charge in [-0.2, -0.15) is 0 Å². The maximum Gasteiger partial charge on any atom is 0.123 e. The Morgan fingerprint density at radius 2 is 1.94 bits per heavy atom. The van der Waals surface area contributed by atoms with Gasteiger partial charge in [0.05, 0.1) is 0 Å². The summed E-state index contributed by atoms with van der Waals surface area (Å²) in [5.41, 5.74) is 3.41. The highest BCUT2D eigenvalue weighted by molar-refractivity contribution is 5.26. The van der Waals surface area contributed by atoms with Gasteiger partial charge in [-0.25, -0.2) is 4.39 Å². The molecule has 0 saturated heterocycles. The van der Waals surface area contributed by atoms with Crippen molar-refractivity contribution in [1.29, 1.82) is 0 Å². The summed E-state index contributed by atoms with van der Waals surface area (Å²) >= 11 is 0. The standard InChI is InChI=1S/C15H17FN2/c1-12-10-15(16)3-2-14(12)11-18-9-6-13-4-7-17-8-5-13/h2-5,7-8,10,18H,6,9,11H2,1H3. The zero-order chi connectivity index (χ0) is 12.8. The molecular formula is C15H17FN2. The maximum atomic E-state index is 12.9. The van der Waals surface area contributed by atoms with Crippen molar-refractivity contribution in [3.8, 4) is 0 Å². The Morgan fingerprint density at radius 3 is 2.67 bits per heavy atom. The van der Waals surface area contributed by atoms with Gasteiger partial charge in [-0.1, -0.05) is 6.07 Å². The Bertz CT molecular complexity index is 497. The van der Waals surface area contributed by atoms with E-state index in [2.05, 4.69) is 10.3 Å². The van der Waals surface area contributed by atoms with Crippen molar-refractivity contribution in [3.63, 3.8) is 0 Å². The number of rotatable bonds is 5. The fraction of sp³-hybridized carbons (Fsp3) is 0.267. The molecule has 94 valence electrons. The topological polar surface area (TPSA) is 24.9 Å². The van der Waals surface area contributed by atoms with Crippen LogP contribution in [0.1, 0.15) is 16.7 Å². The van der Waals surface area contributed by atoms with Crippen molar-refractivity contribution in [1.82, 2.24) is 10.3 Å². The largest absolute Gasteiger partial charge is 0.312 e. The van der Waals surface area contributed by atoms with Crippen LogP contribution in [0.5, 0.6) is 0 Å². The van der Waals surface area contributed by atoms with Gasteiger partial charge in [-0.15, -0.1) is 0 Å². The number of halogens is 1. The summed E-state index contributed by atoms with van der Waals surface area (Å²) in [4.78, 5) is 3.99. The second-order valence-electron chi connectivity index (χ2n) is 4.35. The molecule has 0 radical (unpaired) electrons. The predicted octanol–water partition coefficient (Wildman–Crippen LogP) is 2.86. The van der Waals surface area contributed by atoms with Crippen molar-refractivity contribution >= 4 is 0 Å². The molecule has 0 aliphatic heterocycles. The van der Waals surface area contributed by atoms with E-state index in [1.165, 1.54) is 11.6 Å². The summed E-state index contributed by atoms with van der Waals surface area (Å²) in [7, 11) is 0. The Balaban J connectivity index is 1.79. The summed E-state index contributed by atoms with van der Waals surface area (Å²) in [6.07, 6.45) is 4.58. The number of pyridine rings is 1. The molecule has 2 nitrogen and oxygen atoms in total. The molecule has 18 heavy (non-hydrogen) atoms. The summed E-state index contributed by atoms with van der Waals surface area (Å²) in [5, 5.41) is 3.37. The smallest absolute Gasteiger partial charge is 0.123 e. The number of hydrogen-bond acceptors (Lipinski definition) is 2. The molecule has 0 fully saturated rings. The Kier molecular flexibility index (Phi) is 4.42. The summed E-state index contributed by atoms with van der Waals surface area (Å²) in [6, 6.07) is 8.95. The second kappa shape index (κ2) is 6.26. The van der Waals surface area contributed by atoms with Gasteiger partial charge in [0.15, 0.2) is 0 Å². The molecule has 0 saturated carbocycles. The van der Waals surface area contributed by atoms with Crippen molar-refractivity contribution in [2.75, 3.05) is 6.54 Å². The van der Waals surface area contributed by atoms with E-state index in [-0.39, 0.29) is 5.82 Å². The second-order valence-corrected chi connectivity index (χ2v) is 4.35. The van der Waals surface area contributed by atoms with E-state index in [1.807, 2.05) is 25.1 Å². The fourth-order valence-corrected chi connectivity index (χ4v) is 1.86. The van der Waals surface area contributed by atoms with E-state index in [0.717, 1.165) is 30.6 Å². The maximum absolute atomic E-state index is 12.9. The quantitative estimate of drug-likeness (QED) is 0.818. The lowest BCUT2D eigenvalue weighted by atomic mass is 10.1. The molecule has 3 heteroatoms. The van der Waals surface area contributed by atoms with Crippen molar-refractivity contribution in [2.24, 2.45) is 0 Å². The highest BCUT2D eigenvalue weighted by atomic mass is 19.1. The molecule has 1 aromatic carbocycles. The van der Waals surface area contributed by atoms with Crippen LogP contribution in [0.3, 0.4) is 0 Å². The molecule has 0 amide bonds. The van der Waals surface area contributed by atoms with Crippen LogP contribution in [-0.2, 0) is 13.0 Å². The number of aryl methyl sites for hydroxylation is 1. The summed E-state index contributed by atoms with van der Waals surface area (Å²) < 4.78 is 12.9. The summed E-state index contributed by atoms with van der Waals surface area (Å²) in [5.74, 6) is -0.173. The van der Waals surface area contributed by atoms with Crippen LogP contribution in [0, 0.1) is 12.7 Å². The van der Waals surface area contributed by atoms with Gasteiger partial charge in [-0.3, -0.25) is 4.98 Å². The Labute approximate surface area is 107 Å². The Morgan fingerprint density at radius 1 is 1.17 bits per heavy atom. The first kappa shape index (κ1) is 12.7. The fourth-order valence-electron chi connectivity index (χ4n) is 1.86. The van der Waals surface area contributed by atoms with Gasteiger partial charge in [0.2, 0.25) is 0 Å². The van der Waals surface area contributed by atoms with Crippen LogP contribution in [-0.4, -0.2) is 11.5 Å². The molecule has 0 aliphatic rings. The van der Waals surface area contributed by atoms with E-state index < -0.39 is 0 Å². The molecule has 1 N–H and O–H groups in total. The van der Waals surface area contributed by atoms with Crippen LogP contribution in [0.25, 0.3) is 0 Å². The van der Waals surface area contributed by atoms with Gasteiger partial charge >= 0.3 is 0 Å². The molecule has 0 unspecified atom stereocenters. The third-order valence-corrected chi connectivity index (χ3v) is 2.96. The minimum absolute atomic E-state index is 0.173. The third-order valence-electron chi connectivity index (χ3n) is 2.96. The van der Waals surface area contributed by atoms with E-state index in [1.54, 1.807) is 18.5 Å². The van der Waals surface area contributed by atoms with Crippen molar-refractivity contribution in [2.45, 2.75) is 19.9 Å². The number of aromatic nitrogens is 1.